The molecule has 9 nitrogen and oxygen atoms in total. The molecule has 49 heavy (non-hydrogen) atoms. The number of pyridine rings is 2. The topological polar surface area (TPSA) is 105 Å². The van der Waals surface area contributed by atoms with Crippen LogP contribution >= 0.6 is 0 Å². The largest absolute Gasteiger partial charge is 0.463 e. The van der Waals surface area contributed by atoms with Gasteiger partial charge in [-0.1, -0.05) is 18.9 Å². The van der Waals surface area contributed by atoms with Crippen LogP contribution in [0.4, 0.5) is 29.2 Å². The standard InChI is InChI=1S/C36H38F4N8O/c1-4-20-22(37)10-8-18-14-26(41)44-31(27(18)20)32-29(38)30-28-24(43-32)6-5-7-25-23-11-9-19(42-23)15-48(25)34(28)46-35(45-30)49-17-36(2)16-47(3)13-12-21(36)33(39)40/h1,8,10,14,19,21,23,25,33,42H,5-7,9,11-13,15-17H2,2-3H3,(H2,41,44)/t19-,21-,23+,25-,36+/m1/s1. The Hall–Kier alpha value is -4.28. The van der Waals surface area contributed by atoms with E-state index in [0.717, 1.165) is 25.7 Å². The van der Waals surface area contributed by atoms with Crippen molar-refractivity contribution in [3.63, 3.8) is 0 Å². The number of nitrogens with one attached hydrogen (secondary N) is 1. The minimum Gasteiger partial charge on any atom is -0.463 e. The van der Waals surface area contributed by atoms with Gasteiger partial charge in [-0.3, -0.25) is 0 Å². The number of aromatic nitrogens is 4. The first-order valence-corrected chi connectivity index (χ1v) is 16.9. The number of nitrogens with two attached hydrogens (primary N) is 1. The van der Waals surface area contributed by atoms with Crippen molar-refractivity contribution in [2.45, 2.75) is 70.0 Å². The van der Waals surface area contributed by atoms with Crippen LogP contribution in [0.1, 0.15) is 50.3 Å². The molecule has 3 fully saturated rings. The molecule has 3 aromatic heterocycles. The number of fused-ring (bicyclic) bond motifs is 6. The number of rotatable bonds is 5. The van der Waals surface area contributed by atoms with E-state index in [0.29, 0.717) is 54.8 Å². The van der Waals surface area contributed by atoms with E-state index >= 15 is 8.78 Å². The third-order valence-corrected chi connectivity index (χ3v) is 11.1. The lowest BCUT2D eigenvalue weighted by Gasteiger charge is -2.44. The summed E-state index contributed by atoms with van der Waals surface area (Å²) in [5, 5.41) is 4.92. The summed E-state index contributed by atoms with van der Waals surface area (Å²) < 4.78 is 66.9. The van der Waals surface area contributed by atoms with Crippen molar-refractivity contribution in [3.8, 4) is 29.7 Å². The van der Waals surface area contributed by atoms with E-state index in [1.165, 1.54) is 12.1 Å². The summed E-state index contributed by atoms with van der Waals surface area (Å²) in [5.41, 5.74) is 5.61. The first-order chi connectivity index (χ1) is 23.5. The van der Waals surface area contributed by atoms with E-state index in [1.807, 2.05) is 11.9 Å². The number of halogens is 4. The van der Waals surface area contributed by atoms with Crippen LogP contribution in [-0.4, -0.2) is 82.7 Å². The predicted molar refractivity (Wildman–Crippen MR) is 180 cm³/mol. The smallest absolute Gasteiger partial charge is 0.319 e. The molecule has 13 heteroatoms. The number of terminal acetylenes is 1. The Morgan fingerprint density at radius 2 is 1.94 bits per heavy atom. The van der Waals surface area contributed by atoms with E-state index in [4.69, 9.17) is 26.9 Å². The van der Waals surface area contributed by atoms with Gasteiger partial charge in [0.1, 0.15) is 34.4 Å². The zero-order valence-corrected chi connectivity index (χ0v) is 27.4. The Morgan fingerprint density at radius 1 is 1.10 bits per heavy atom. The molecule has 0 amide bonds. The van der Waals surface area contributed by atoms with Crippen LogP contribution in [0.5, 0.6) is 6.01 Å². The minimum atomic E-state index is -2.52. The summed E-state index contributed by atoms with van der Waals surface area (Å²) in [7, 11) is 1.90. The number of ether oxygens (including phenoxy) is 1. The summed E-state index contributed by atoms with van der Waals surface area (Å²) in [6, 6.07) is 4.84. The van der Waals surface area contributed by atoms with Gasteiger partial charge >= 0.3 is 6.01 Å². The number of alkyl halides is 2. The second-order valence-corrected chi connectivity index (χ2v) is 14.4. The molecule has 1 aromatic carbocycles. The lowest BCUT2D eigenvalue weighted by Crippen LogP contribution is -2.58. The van der Waals surface area contributed by atoms with E-state index in [2.05, 4.69) is 26.1 Å². The SMILES string of the molecule is C#Cc1c(F)ccc2cc(N)nc(-c3nc4c5c(nc(OC[C@]6(C)CN(C)CC[C@@H]6C(F)F)nc5c3F)N3C[C@H]5CC[C@H](N5)[C@H]3CCC4)c12. The van der Waals surface area contributed by atoms with Crippen LogP contribution in [0.3, 0.4) is 0 Å². The Bertz CT molecular complexity index is 2020. The lowest BCUT2D eigenvalue weighted by molar-refractivity contribution is -0.0679. The van der Waals surface area contributed by atoms with Gasteiger partial charge in [-0.25, -0.2) is 27.5 Å². The van der Waals surface area contributed by atoms with Gasteiger partial charge in [-0.05, 0) is 69.6 Å². The minimum absolute atomic E-state index is 0.0124. The fourth-order valence-electron chi connectivity index (χ4n) is 8.77. The summed E-state index contributed by atoms with van der Waals surface area (Å²) in [5.74, 6) is 0.669. The van der Waals surface area contributed by atoms with Crippen LogP contribution < -0.4 is 20.7 Å². The van der Waals surface area contributed by atoms with E-state index in [9.17, 15) is 8.78 Å². The van der Waals surface area contributed by atoms with Gasteiger partial charge in [0.05, 0.1) is 23.3 Å². The van der Waals surface area contributed by atoms with Crippen LogP contribution in [-0.2, 0) is 6.42 Å². The second-order valence-electron chi connectivity index (χ2n) is 14.4. The highest BCUT2D eigenvalue weighted by atomic mass is 19.3. The molecule has 8 rings (SSSR count). The highest BCUT2D eigenvalue weighted by Gasteiger charge is 2.45. The van der Waals surface area contributed by atoms with Crippen molar-refractivity contribution in [2.24, 2.45) is 11.3 Å². The average Bonchev–Trinajstić information content (AvgIpc) is 3.46. The number of nitrogens with zero attached hydrogens (tertiary/aromatic N) is 6. The third kappa shape index (κ3) is 5.31. The fourth-order valence-corrected chi connectivity index (χ4v) is 8.77. The number of nitrogen functional groups attached to an aromatic ring is 1. The van der Waals surface area contributed by atoms with Crippen molar-refractivity contribution in [3.05, 3.63) is 41.1 Å². The van der Waals surface area contributed by atoms with Crippen LogP contribution in [0.15, 0.2) is 18.2 Å². The van der Waals surface area contributed by atoms with E-state index in [1.54, 1.807) is 13.0 Å². The summed E-state index contributed by atoms with van der Waals surface area (Å²) in [4.78, 5) is 23.1. The van der Waals surface area contributed by atoms with Gasteiger partial charge in [0.2, 0.25) is 6.43 Å². The first-order valence-electron chi connectivity index (χ1n) is 16.9. The molecular formula is C36H38F4N8O. The molecule has 5 atom stereocenters. The molecule has 2 bridgehead atoms. The molecule has 3 N–H and O–H groups in total. The quantitative estimate of drug-likeness (QED) is 0.215. The van der Waals surface area contributed by atoms with Gasteiger partial charge in [0.25, 0.3) is 0 Å². The molecule has 4 aromatic rings. The third-order valence-electron chi connectivity index (χ3n) is 11.1. The first kappa shape index (κ1) is 32.0. The Kier molecular flexibility index (Phi) is 7.79. The molecule has 0 unspecified atom stereocenters. The monoisotopic (exact) mass is 674 g/mol. The van der Waals surface area contributed by atoms with Crippen molar-refractivity contribution in [1.82, 2.24) is 30.2 Å². The molecular weight excluding hydrogens is 636 g/mol. The number of hydrogen-bond donors (Lipinski definition) is 2. The number of anilines is 2. The maximum absolute atomic E-state index is 17.2. The molecule has 0 saturated carbocycles. The molecule has 7 heterocycles. The Labute approximate surface area is 281 Å². The number of hydrogen-bond acceptors (Lipinski definition) is 9. The normalized spacial score (nSPS) is 26.9. The highest BCUT2D eigenvalue weighted by molar-refractivity contribution is 6.02. The Balaban J connectivity index is 1.33. The number of benzene rings is 1. The van der Waals surface area contributed by atoms with Gasteiger partial charge in [-0.2, -0.15) is 9.97 Å². The van der Waals surface area contributed by atoms with Crippen LogP contribution in [0.25, 0.3) is 33.1 Å². The van der Waals surface area contributed by atoms with Crippen molar-refractivity contribution < 1.29 is 22.3 Å². The summed E-state index contributed by atoms with van der Waals surface area (Å²) >= 11 is 0. The number of aryl methyl sites for hydroxylation is 1. The number of piperidine rings is 1. The molecule has 0 aliphatic carbocycles. The molecule has 4 aliphatic rings. The average molecular weight is 675 g/mol. The number of piperazine rings is 1. The number of likely N-dealkylation sites (tertiary alicyclic amines) is 1. The van der Waals surface area contributed by atoms with Crippen LogP contribution in [0.2, 0.25) is 0 Å². The van der Waals surface area contributed by atoms with Crippen molar-refractivity contribution >= 4 is 33.3 Å². The molecule has 0 spiro atoms. The second kappa shape index (κ2) is 11.9. The fraction of sp³-hybridized carbons (Fsp3) is 0.500. The zero-order chi connectivity index (χ0) is 34.2. The van der Waals surface area contributed by atoms with Gasteiger partial charge in [0, 0.05) is 47.9 Å². The van der Waals surface area contributed by atoms with Gasteiger partial charge in [0.15, 0.2) is 5.82 Å². The van der Waals surface area contributed by atoms with Gasteiger partial charge < -0.3 is 25.6 Å². The predicted octanol–water partition coefficient (Wildman–Crippen LogP) is 5.33. The van der Waals surface area contributed by atoms with Crippen molar-refractivity contribution in [2.75, 3.05) is 43.9 Å². The molecule has 4 aliphatic heterocycles. The summed E-state index contributed by atoms with van der Waals surface area (Å²) in [6.45, 7) is 3.35. The van der Waals surface area contributed by atoms with Crippen molar-refractivity contribution in [1.29, 1.82) is 0 Å². The lowest BCUT2D eigenvalue weighted by atomic mass is 9.73. The maximum atomic E-state index is 17.2. The highest BCUT2D eigenvalue weighted by Crippen LogP contribution is 2.43. The maximum Gasteiger partial charge on any atom is 0.319 e. The van der Waals surface area contributed by atoms with E-state index in [-0.39, 0.29) is 64.4 Å². The van der Waals surface area contributed by atoms with E-state index < -0.39 is 29.4 Å². The Morgan fingerprint density at radius 3 is 2.73 bits per heavy atom. The summed E-state index contributed by atoms with van der Waals surface area (Å²) in [6.07, 6.45) is 7.76. The van der Waals surface area contributed by atoms with Crippen LogP contribution in [0, 0.1) is 35.3 Å². The zero-order valence-electron chi connectivity index (χ0n) is 27.4. The molecule has 256 valence electrons. The molecule has 3 saturated heterocycles. The molecule has 0 radical (unpaired) electrons. The van der Waals surface area contributed by atoms with Gasteiger partial charge in [-0.15, -0.1) is 6.42 Å².